The number of rotatable bonds is 6. The number of benzene rings is 1. The van der Waals surface area contributed by atoms with Crippen LogP contribution in [-0.4, -0.2) is 38.0 Å². The van der Waals surface area contributed by atoms with Gasteiger partial charge in [0.2, 0.25) is 5.91 Å². The second-order valence-corrected chi connectivity index (χ2v) is 6.37. The quantitative estimate of drug-likeness (QED) is 0.570. The van der Waals surface area contributed by atoms with Crippen molar-refractivity contribution in [3.8, 4) is 11.3 Å². The number of pyridine rings is 1. The number of nitrogens with one attached hydrogen (secondary N) is 1. The van der Waals surface area contributed by atoms with E-state index in [2.05, 4.69) is 20.1 Å². The van der Waals surface area contributed by atoms with Crippen LogP contribution in [0.5, 0.6) is 0 Å². The van der Waals surface area contributed by atoms with Crippen LogP contribution in [0.25, 0.3) is 22.3 Å². The Kier molecular flexibility index (Phi) is 4.65. The monoisotopic (exact) mass is 361 g/mol. The van der Waals surface area contributed by atoms with Crippen LogP contribution in [0.4, 0.5) is 0 Å². The molecule has 3 heterocycles. The summed E-state index contributed by atoms with van der Waals surface area (Å²) >= 11 is 0. The maximum absolute atomic E-state index is 12.4. The minimum absolute atomic E-state index is 0.0229. The number of aryl methyl sites for hydroxylation is 1. The maximum atomic E-state index is 12.4. The zero-order valence-electron chi connectivity index (χ0n) is 14.9. The van der Waals surface area contributed by atoms with Gasteiger partial charge in [0.15, 0.2) is 5.76 Å². The highest BCUT2D eigenvalue weighted by Gasteiger charge is 2.14. The van der Waals surface area contributed by atoms with Crippen LogP contribution in [0.2, 0.25) is 0 Å². The minimum Gasteiger partial charge on any atom is -0.359 e. The molecule has 0 aliphatic heterocycles. The molecule has 136 valence electrons. The van der Waals surface area contributed by atoms with E-state index in [1.165, 1.54) is 0 Å². The van der Waals surface area contributed by atoms with E-state index in [1.807, 2.05) is 42.5 Å². The number of amides is 1. The molecule has 0 atom stereocenters. The van der Waals surface area contributed by atoms with Crippen molar-refractivity contribution in [1.82, 2.24) is 25.0 Å². The molecule has 4 rings (SSSR count). The van der Waals surface area contributed by atoms with Crippen molar-refractivity contribution in [3.63, 3.8) is 0 Å². The molecule has 1 aromatic carbocycles. The van der Waals surface area contributed by atoms with Crippen molar-refractivity contribution in [3.05, 3.63) is 66.4 Å². The molecule has 1 amide bonds. The number of fused-ring (bicyclic) bond motifs is 1. The molecule has 0 unspecified atom stereocenters. The van der Waals surface area contributed by atoms with Crippen LogP contribution in [0.1, 0.15) is 18.0 Å². The third-order valence-corrected chi connectivity index (χ3v) is 4.35. The Hall–Kier alpha value is -3.48. The lowest BCUT2D eigenvalue weighted by molar-refractivity contribution is -0.130. The average molecular weight is 361 g/mol. The molecule has 7 nitrogen and oxygen atoms in total. The molecule has 4 aromatic rings. The highest BCUT2D eigenvalue weighted by atomic mass is 16.5. The topological polar surface area (TPSA) is 87.9 Å². The number of hydrogen-bond acceptors (Lipinski definition) is 5. The molecule has 0 aliphatic rings. The Bertz CT molecular complexity index is 1020. The Morgan fingerprint density at radius 3 is 2.93 bits per heavy atom. The number of aromatic nitrogens is 4. The van der Waals surface area contributed by atoms with E-state index in [-0.39, 0.29) is 5.91 Å². The number of carbonyl (C=O) groups is 1. The van der Waals surface area contributed by atoms with Gasteiger partial charge in [-0.1, -0.05) is 17.3 Å². The molecular weight excluding hydrogens is 342 g/mol. The number of hydrogen-bond donors (Lipinski definition) is 1. The van der Waals surface area contributed by atoms with E-state index in [0.717, 1.165) is 22.4 Å². The van der Waals surface area contributed by atoms with Gasteiger partial charge in [0.1, 0.15) is 11.5 Å². The van der Waals surface area contributed by atoms with E-state index in [0.29, 0.717) is 30.8 Å². The van der Waals surface area contributed by atoms with Crippen LogP contribution >= 0.6 is 0 Å². The van der Waals surface area contributed by atoms with Gasteiger partial charge >= 0.3 is 0 Å². The van der Waals surface area contributed by atoms with Crippen molar-refractivity contribution in [1.29, 1.82) is 0 Å². The summed E-state index contributed by atoms with van der Waals surface area (Å²) in [4.78, 5) is 25.9. The number of aromatic amines is 1. The van der Waals surface area contributed by atoms with Crippen LogP contribution in [0, 0.1) is 0 Å². The van der Waals surface area contributed by atoms with E-state index in [1.54, 1.807) is 24.3 Å². The van der Waals surface area contributed by atoms with Gasteiger partial charge in [-0.25, -0.2) is 4.98 Å². The predicted octanol–water partition coefficient (Wildman–Crippen LogP) is 3.20. The van der Waals surface area contributed by atoms with Crippen molar-refractivity contribution in [2.24, 2.45) is 0 Å². The lowest BCUT2D eigenvalue weighted by atomic mass is 10.2. The molecule has 0 saturated heterocycles. The number of nitrogens with zero attached hydrogens (tertiary/aromatic N) is 4. The van der Waals surface area contributed by atoms with Crippen LogP contribution in [0.3, 0.4) is 0 Å². The Morgan fingerprint density at radius 1 is 1.22 bits per heavy atom. The van der Waals surface area contributed by atoms with Gasteiger partial charge in [-0.15, -0.1) is 0 Å². The summed E-state index contributed by atoms with van der Waals surface area (Å²) in [5, 5.41) is 4.05. The van der Waals surface area contributed by atoms with Crippen molar-refractivity contribution in [2.45, 2.75) is 19.4 Å². The number of carbonyl (C=O) groups excluding carboxylic acids is 1. The van der Waals surface area contributed by atoms with Crippen molar-refractivity contribution in [2.75, 3.05) is 7.05 Å². The molecule has 27 heavy (non-hydrogen) atoms. The second kappa shape index (κ2) is 7.41. The van der Waals surface area contributed by atoms with Gasteiger partial charge in [-0.2, -0.15) is 0 Å². The first-order valence-corrected chi connectivity index (χ1v) is 8.72. The van der Waals surface area contributed by atoms with E-state index in [4.69, 9.17) is 4.52 Å². The fourth-order valence-electron chi connectivity index (χ4n) is 2.90. The van der Waals surface area contributed by atoms with E-state index < -0.39 is 0 Å². The third kappa shape index (κ3) is 3.87. The molecule has 7 heteroatoms. The molecule has 0 fully saturated rings. The summed E-state index contributed by atoms with van der Waals surface area (Å²) in [7, 11) is 1.76. The fourth-order valence-corrected chi connectivity index (χ4v) is 2.90. The molecule has 0 spiro atoms. The van der Waals surface area contributed by atoms with Crippen molar-refractivity contribution < 1.29 is 9.32 Å². The summed E-state index contributed by atoms with van der Waals surface area (Å²) in [6, 6.07) is 13.4. The predicted molar refractivity (Wildman–Crippen MR) is 101 cm³/mol. The summed E-state index contributed by atoms with van der Waals surface area (Å²) < 4.78 is 5.35. The first-order valence-electron chi connectivity index (χ1n) is 8.72. The molecule has 0 radical (unpaired) electrons. The second-order valence-electron chi connectivity index (χ2n) is 6.37. The molecule has 0 bridgehead atoms. The van der Waals surface area contributed by atoms with Gasteiger partial charge in [0, 0.05) is 43.9 Å². The third-order valence-electron chi connectivity index (χ3n) is 4.35. The Labute approximate surface area is 156 Å². The zero-order chi connectivity index (χ0) is 18.6. The molecule has 1 N–H and O–H groups in total. The SMILES string of the molecule is CN(Cc1cc(-c2cccnc2)no1)C(=O)CCc1nc2ccccc2[nH]1. The number of imidazole rings is 1. The largest absolute Gasteiger partial charge is 0.359 e. The fraction of sp³-hybridized carbons (Fsp3) is 0.200. The normalized spacial score (nSPS) is 11.0. The summed E-state index contributed by atoms with van der Waals surface area (Å²) in [6.45, 7) is 0.367. The Morgan fingerprint density at radius 2 is 2.11 bits per heavy atom. The highest BCUT2D eigenvalue weighted by molar-refractivity contribution is 5.77. The first-order chi connectivity index (χ1) is 13.2. The van der Waals surface area contributed by atoms with Crippen LogP contribution in [0.15, 0.2) is 59.4 Å². The van der Waals surface area contributed by atoms with E-state index >= 15 is 0 Å². The van der Waals surface area contributed by atoms with Gasteiger partial charge in [-0.3, -0.25) is 9.78 Å². The standard InChI is InChI=1S/C20H19N5O2/c1-25(13-15-11-18(24-27-15)14-5-4-10-21-12-14)20(26)9-8-19-22-16-6-2-3-7-17(16)23-19/h2-7,10-12H,8-9,13H2,1H3,(H,22,23). The van der Waals surface area contributed by atoms with Gasteiger partial charge in [0.25, 0.3) is 0 Å². The Balaban J connectivity index is 1.34. The van der Waals surface area contributed by atoms with Crippen molar-refractivity contribution >= 4 is 16.9 Å². The van der Waals surface area contributed by atoms with Crippen LogP contribution < -0.4 is 0 Å². The lowest BCUT2D eigenvalue weighted by Crippen LogP contribution is -2.26. The molecular formula is C20H19N5O2. The number of H-pyrrole nitrogens is 1. The average Bonchev–Trinajstić information content (AvgIpc) is 3.33. The maximum Gasteiger partial charge on any atom is 0.223 e. The highest BCUT2D eigenvalue weighted by Crippen LogP contribution is 2.18. The first kappa shape index (κ1) is 17.0. The molecule has 3 aromatic heterocycles. The van der Waals surface area contributed by atoms with E-state index in [9.17, 15) is 4.79 Å². The van der Waals surface area contributed by atoms with Gasteiger partial charge in [0.05, 0.1) is 17.6 Å². The zero-order valence-corrected chi connectivity index (χ0v) is 14.9. The smallest absolute Gasteiger partial charge is 0.223 e. The molecule has 0 saturated carbocycles. The summed E-state index contributed by atoms with van der Waals surface area (Å²) in [5.74, 6) is 1.47. The number of para-hydroxylation sites is 2. The summed E-state index contributed by atoms with van der Waals surface area (Å²) in [6.07, 6.45) is 4.37. The van der Waals surface area contributed by atoms with Crippen LogP contribution in [-0.2, 0) is 17.8 Å². The molecule has 0 aliphatic carbocycles. The summed E-state index contributed by atoms with van der Waals surface area (Å²) in [5.41, 5.74) is 3.49. The minimum atomic E-state index is 0.0229. The van der Waals surface area contributed by atoms with Gasteiger partial charge in [-0.05, 0) is 24.3 Å². The van der Waals surface area contributed by atoms with Gasteiger partial charge < -0.3 is 14.4 Å². The lowest BCUT2D eigenvalue weighted by Gasteiger charge is -2.14.